The summed E-state index contributed by atoms with van der Waals surface area (Å²) in [6.45, 7) is 4.15. The monoisotopic (exact) mass is 199 g/mol. The molecule has 3 nitrogen and oxygen atoms in total. The highest BCUT2D eigenvalue weighted by Gasteiger charge is 2.05. The number of nitrogen functional groups attached to an aromatic ring is 1. The molecule has 0 saturated heterocycles. The fourth-order valence-electron chi connectivity index (χ4n) is 1.47. The summed E-state index contributed by atoms with van der Waals surface area (Å²) >= 11 is 0. The smallest absolute Gasteiger partial charge is 0.159 e. The predicted octanol–water partition coefficient (Wildman–Crippen LogP) is 2.34. The maximum Gasteiger partial charge on any atom is 0.159 e. The summed E-state index contributed by atoms with van der Waals surface area (Å²) < 4.78 is 0. The number of hydrogen-bond donors (Lipinski definition) is 1. The van der Waals surface area contributed by atoms with Crippen molar-refractivity contribution in [1.29, 1.82) is 0 Å². The minimum absolute atomic E-state index is 0.587. The number of nitrogens with zero attached hydrogens (tertiary/aromatic N) is 2. The van der Waals surface area contributed by atoms with Gasteiger partial charge in [-0.25, -0.2) is 9.97 Å². The first-order chi connectivity index (χ1) is 7.18. The summed E-state index contributed by atoms with van der Waals surface area (Å²) in [7, 11) is 0. The Morgan fingerprint density at radius 2 is 1.73 bits per heavy atom. The van der Waals surface area contributed by atoms with E-state index in [2.05, 4.69) is 29.9 Å². The van der Waals surface area contributed by atoms with Crippen LogP contribution in [0.15, 0.2) is 30.6 Å². The molecular weight excluding hydrogens is 186 g/mol. The summed E-state index contributed by atoms with van der Waals surface area (Å²) in [6, 6.07) is 6.11. The van der Waals surface area contributed by atoms with Crippen molar-refractivity contribution in [1.82, 2.24) is 9.97 Å². The van der Waals surface area contributed by atoms with Crippen molar-refractivity contribution in [2.24, 2.45) is 0 Å². The molecule has 0 radical (unpaired) electrons. The average Bonchev–Trinajstić information content (AvgIpc) is 2.24. The van der Waals surface area contributed by atoms with Crippen LogP contribution < -0.4 is 5.73 Å². The topological polar surface area (TPSA) is 51.8 Å². The van der Waals surface area contributed by atoms with Crippen LogP contribution >= 0.6 is 0 Å². The Labute approximate surface area is 89.0 Å². The molecule has 0 amide bonds. The molecule has 2 N–H and O–H groups in total. The lowest BCUT2D eigenvalue weighted by Crippen LogP contribution is -1.94. The van der Waals surface area contributed by atoms with Gasteiger partial charge in [-0.15, -0.1) is 0 Å². The molecule has 76 valence electrons. The molecule has 2 aromatic rings. The van der Waals surface area contributed by atoms with Crippen molar-refractivity contribution < 1.29 is 0 Å². The van der Waals surface area contributed by atoms with Crippen molar-refractivity contribution in [3.63, 3.8) is 0 Å². The highest BCUT2D eigenvalue weighted by molar-refractivity contribution is 5.62. The fourth-order valence-corrected chi connectivity index (χ4v) is 1.47. The molecule has 0 fully saturated rings. The van der Waals surface area contributed by atoms with E-state index in [1.807, 2.05) is 12.1 Å². The first-order valence-electron chi connectivity index (χ1n) is 4.82. The van der Waals surface area contributed by atoms with E-state index < -0.39 is 0 Å². The minimum atomic E-state index is 0.587. The van der Waals surface area contributed by atoms with Gasteiger partial charge in [0.15, 0.2) is 5.82 Å². The van der Waals surface area contributed by atoms with E-state index in [4.69, 9.17) is 5.73 Å². The zero-order chi connectivity index (χ0) is 10.8. The lowest BCUT2D eigenvalue weighted by atomic mass is 10.0. The Bertz CT molecular complexity index is 475. The summed E-state index contributed by atoms with van der Waals surface area (Å²) in [5, 5.41) is 0. The molecule has 3 heteroatoms. The Balaban J connectivity index is 2.54. The number of aryl methyl sites for hydroxylation is 1. The fraction of sp³-hybridized carbons (Fsp3) is 0.167. The van der Waals surface area contributed by atoms with Crippen LogP contribution in [0.1, 0.15) is 11.1 Å². The Morgan fingerprint density at radius 1 is 1.07 bits per heavy atom. The predicted molar refractivity (Wildman–Crippen MR) is 61.4 cm³/mol. The molecule has 1 aromatic heterocycles. The van der Waals surface area contributed by atoms with Crippen LogP contribution in [0.4, 0.5) is 5.69 Å². The number of benzene rings is 1. The molecule has 0 aliphatic carbocycles. The average molecular weight is 199 g/mol. The quantitative estimate of drug-likeness (QED) is 0.767. The Kier molecular flexibility index (Phi) is 2.37. The number of nitrogens with two attached hydrogens (primary N) is 1. The van der Waals surface area contributed by atoms with E-state index in [0.29, 0.717) is 5.69 Å². The third-order valence-corrected chi connectivity index (χ3v) is 2.52. The van der Waals surface area contributed by atoms with Crippen LogP contribution in [0.5, 0.6) is 0 Å². The summed E-state index contributed by atoms with van der Waals surface area (Å²) in [4.78, 5) is 8.43. The highest BCUT2D eigenvalue weighted by atomic mass is 14.9. The molecular formula is C12H13N3. The van der Waals surface area contributed by atoms with Gasteiger partial charge in [-0.3, -0.25) is 0 Å². The lowest BCUT2D eigenvalue weighted by Gasteiger charge is -2.06. The van der Waals surface area contributed by atoms with Crippen molar-refractivity contribution >= 4 is 5.69 Å². The van der Waals surface area contributed by atoms with E-state index in [1.165, 1.54) is 11.1 Å². The van der Waals surface area contributed by atoms with Gasteiger partial charge >= 0.3 is 0 Å². The van der Waals surface area contributed by atoms with Crippen molar-refractivity contribution in [2.45, 2.75) is 13.8 Å². The van der Waals surface area contributed by atoms with Gasteiger partial charge in [0.05, 0.1) is 18.1 Å². The molecule has 2 rings (SSSR count). The molecule has 0 atom stereocenters. The summed E-state index contributed by atoms with van der Waals surface area (Å²) in [6.07, 6.45) is 3.26. The van der Waals surface area contributed by atoms with Crippen LogP contribution in [0.25, 0.3) is 11.4 Å². The molecule has 0 saturated carbocycles. The van der Waals surface area contributed by atoms with E-state index >= 15 is 0 Å². The Hall–Kier alpha value is -1.90. The maximum absolute atomic E-state index is 5.55. The SMILES string of the molecule is Cc1cccc(-c2ncc(N)cn2)c1C. The molecule has 0 spiro atoms. The number of hydrogen-bond acceptors (Lipinski definition) is 3. The van der Waals surface area contributed by atoms with Gasteiger partial charge in [0.25, 0.3) is 0 Å². The molecule has 0 bridgehead atoms. The van der Waals surface area contributed by atoms with Crippen LogP contribution in [-0.2, 0) is 0 Å². The van der Waals surface area contributed by atoms with Crippen molar-refractivity contribution in [3.05, 3.63) is 41.7 Å². The molecule has 0 unspecified atom stereocenters. The third kappa shape index (κ3) is 1.81. The molecule has 0 aliphatic rings. The van der Waals surface area contributed by atoms with Crippen molar-refractivity contribution in [3.8, 4) is 11.4 Å². The van der Waals surface area contributed by atoms with E-state index in [1.54, 1.807) is 12.4 Å². The second-order valence-electron chi connectivity index (χ2n) is 3.59. The molecule has 15 heavy (non-hydrogen) atoms. The minimum Gasteiger partial charge on any atom is -0.396 e. The van der Waals surface area contributed by atoms with Gasteiger partial charge in [0.2, 0.25) is 0 Å². The van der Waals surface area contributed by atoms with E-state index in [9.17, 15) is 0 Å². The van der Waals surface area contributed by atoms with Crippen molar-refractivity contribution in [2.75, 3.05) is 5.73 Å². The zero-order valence-electron chi connectivity index (χ0n) is 8.86. The largest absolute Gasteiger partial charge is 0.396 e. The van der Waals surface area contributed by atoms with Crippen LogP contribution in [0.3, 0.4) is 0 Å². The zero-order valence-corrected chi connectivity index (χ0v) is 8.86. The first-order valence-corrected chi connectivity index (χ1v) is 4.82. The van der Waals surface area contributed by atoms with Crippen LogP contribution in [0, 0.1) is 13.8 Å². The summed E-state index contributed by atoms with van der Waals surface area (Å²) in [5.74, 6) is 0.727. The first kappa shape index (κ1) is 9.65. The molecule has 1 aromatic carbocycles. The number of rotatable bonds is 1. The standard InChI is InChI=1S/C12H13N3/c1-8-4-3-5-11(9(8)2)12-14-6-10(13)7-15-12/h3-7H,13H2,1-2H3. The van der Waals surface area contributed by atoms with Gasteiger partial charge in [-0.05, 0) is 25.0 Å². The second kappa shape index (κ2) is 3.69. The van der Waals surface area contributed by atoms with Gasteiger partial charge < -0.3 is 5.73 Å². The molecule has 1 heterocycles. The van der Waals surface area contributed by atoms with E-state index in [-0.39, 0.29) is 0 Å². The van der Waals surface area contributed by atoms with Gasteiger partial charge in [0, 0.05) is 5.56 Å². The van der Waals surface area contributed by atoms with Gasteiger partial charge in [0.1, 0.15) is 0 Å². The number of aromatic nitrogens is 2. The highest BCUT2D eigenvalue weighted by Crippen LogP contribution is 2.21. The Morgan fingerprint density at radius 3 is 2.40 bits per heavy atom. The van der Waals surface area contributed by atoms with Gasteiger partial charge in [-0.1, -0.05) is 18.2 Å². The number of anilines is 1. The second-order valence-corrected chi connectivity index (χ2v) is 3.59. The van der Waals surface area contributed by atoms with Crippen LogP contribution in [0.2, 0.25) is 0 Å². The van der Waals surface area contributed by atoms with Gasteiger partial charge in [-0.2, -0.15) is 0 Å². The van der Waals surface area contributed by atoms with E-state index in [0.717, 1.165) is 11.4 Å². The normalized spacial score (nSPS) is 10.3. The summed E-state index contributed by atoms with van der Waals surface area (Å²) in [5.41, 5.74) is 9.65. The van der Waals surface area contributed by atoms with Crippen LogP contribution in [-0.4, -0.2) is 9.97 Å². The molecule has 0 aliphatic heterocycles. The third-order valence-electron chi connectivity index (χ3n) is 2.52. The maximum atomic E-state index is 5.55. The lowest BCUT2D eigenvalue weighted by molar-refractivity contribution is 1.16.